The Morgan fingerprint density at radius 3 is 2.50 bits per heavy atom. The van der Waals surface area contributed by atoms with Crippen LogP contribution in [-0.4, -0.2) is 75.6 Å². The zero-order valence-electron chi connectivity index (χ0n) is 10.6. The molecule has 0 aromatic rings. The number of nitriles is 1. The highest BCUT2D eigenvalue weighted by Gasteiger charge is 2.43. The second-order valence-electron chi connectivity index (χ2n) is 4.90. The van der Waals surface area contributed by atoms with Crippen molar-refractivity contribution < 1.29 is 24.9 Å². The standard InChI is InChI=1S/C11H16N4O5/c12-2-5-1-8(17)14-11(20)15(5)3-6-9(18)10(19)7(4-16)13-6/h5-7,9-10,13,16,18-19H,1,3-4H2,(H,14,17,20)/t5?,6-,7+,9?,10?/m0/s1. The summed E-state index contributed by atoms with van der Waals surface area (Å²) in [4.78, 5) is 24.0. The Labute approximate surface area is 114 Å². The van der Waals surface area contributed by atoms with Crippen molar-refractivity contribution in [3.63, 3.8) is 0 Å². The average Bonchev–Trinajstić information content (AvgIpc) is 2.69. The molecule has 5 atom stereocenters. The van der Waals surface area contributed by atoms with Gasteiger partial charge in [-0.15, -0.1) is 0 Å². The van der Waals surface area contributed by atoms with Crippen LogP contribution in [0.5, 0.6) is 0 Å². The van der Waals surface area contributed by atoms with E-state index in [4.69, 9.17) is 10.4 Å². The summed E-state index contributed by atoms with van der Waals surface area (Å²) in [7, 11) is 0. The Morgan fingerprint density at radius 2 is 1.95 bits per heavy atom. The first-order valence-electron chi connectivity index (χ1n) is 6.21. The van der Waals surface area contributed by atoms with E-state index in [0.29, 0.717) is 0 Å². The quantitative estimate of drug-likeness (QED) is 0.368. The highest BCUT2D eigenvalue weighted by molar-refractivity contribution is 5.97. The maximum atomic E-state index is 11.7. The fraction of sp³-hybridized carbons (Fsp3) is 0.727. The molecule has 2 fully saturated rings. The number of aliphatic hydroxyl groups excluding tert-OH is 3. The number of nitrogens with one attached hydrogen (secondary N) is 2. The lowest BCUT2D eigenvalue weighted by Crippen LogP contribution is -2.58. The molecule has 0 aromatic heterocycles. The second kappa shape index (κ2) is 5.72. The molecule has 3 unspecified atom stereocenters. The fourth-order valence-corrected chi connectivity index (χ4v) is 2.48. The third kappa shape index (κ3) is 2.59. The van der Waals surface area contributed by atoms with Gasteiger partial charge in [0, 0.05) is 6.54 Å². The third-order valence-corrected chi connectivity index (χ3v) is 3.60. The van der Waals surface area contributed by atoms with Gasteiger partial charge in [0.15, 0.2) is 0 Å². The molecule has 0 aromatic carbocycles. The van der Waals surface area contributed by atoms with Gasteiger partial charge in [-0.05, 0) is 0 Å². The van der Waals surface area contributed by atoms with E-state index in [9.17, 15) is 19.8 Å². The van der Waals surface area contributed by atoms with Crippen molar-refractivity contribution >= 4 is 11.9 Å². The van der Waals surface area contributed by atoms with E-state index < -0.39 is 42.3 Å². The van der Waals surface area contributed by atoms with Crippen LogP contribution in [0.25, 0.3) is 0 Å². The normalized spacial score (nSPS) is 37.7. The van der Waals surface area contributed by atoms with Crippen LogP contribution < -0.4 is 10.6 Å². The number of rotatable bonds is 3. The fourth-order valence-electron chi connectivity index (χ4n) is 2.48. The molecule has 2 aliphatic rings. The Hall–Kier alpha value is -1.73. The first kappa shape index (κ1) is 14.7. The Kier molecular flexibility index (Phi) is 4.20. The molecule has 0 saturated carbocycles. The van der Waals surface area contributed by atoms with Gasteiger partial charge in [0.2, 0.25) is 5.91 Å². The van der Waals surface area contributed by atoms with Crippen molar-refractivity contribution in [2.24, 2.45) is 0 Å². The number of nitrogens with zero attached hydrogens (tertiary/aromatic N) is 2. The number of hydrogen-bond donors (Lipinski definition) is 5. The van der Waals surface area contributed by atoms with Gasteiger partial charge in [0.05, 0.1) is 43.4 Å². The molecule has 3 amide bonds. The number of amides is 3. The molecule has 9 nitrogen and oxygen atoms in total. The largest absolute Gasteiger partial charge is 0.395 e. The van der Waals surface area contributed by atoms with Crippen LogP contribution in [0.15, 0.2) is 0 Å². The van der Waals surface area contributed by atoms with Crippen LogP contribution in [0, 0.1) is 11.3 Å². The van der Waals surface area contributed by atoms with Gasteiger partial charge in [-0.2, -0.15) is 5.26 Å². The number of urea groups is 1. The summed E-state index contributed by atoms with van der Waals surface area (Å²) in [5.41, 5.74) is 0. The van der Waals surface area contributed by atoms with E-state index in [0.717, 1.165) is 4.90 Å². The van der Waals surface area contributed by atoms with Gasteiger partial charge in [0.25, 0.3) is 0 Å². The molecular formula is C11H16N4O5. The summed E-state index contributed by atoms with van der Waals surface area (Å²) in [6.07, 6.45) is -2.45. The summed E-state index contributed by atoms with van der Waals surface area (Å²) in [5.74, 6) is -0.522. The molecule has 2 saturated heterocycles. The van der Waals surface area contributed by atoms with E-state index in [1.807, 2.05) is 6.07 Å². The predicted molar refractivity (Wildman–Crippen MR) is 64.1 cm³/mol. The van der Waals surface area contributed by atoms with E-state index in [2.05, 4.69) is 10.6 Å². The first-order chi connectivity index (χ1) is 9.47. The molecule has 5 N–H and O–H groups in total. The summed E-state index contributed by atoms with van der Waals surface area (Å²) >= 11 is 0. The summed E-state index contributed by atoms with van der Waals surface area (Å²) in [6, 6.07) is -1.12. The molecule has 0 radical (unpaired) electrons. The molecule has 2 heterocycles. The molecule has 2 rings (SSSR count). The molecule has 0 spiro atoms. The summed E-state index contributed by atoms with van der Waals surface area (Å²) in [6.45, 7) is -0.410. The number of carbonyl (C=O) groups excluding carboxylic acids is 2. The van der Waals surface area contributed by atoms with Gasteiger partial charge in [-0.25, -0.2) is 4.79 Å². The minimum atomic E-state index is -1.17. The lowest BCUT2D eigenvalue weighted by molar-refractivity contribution is -0.122. The van der Waals surface area contributed by atoms with Gasteiger partial charge < -0.3 is 25.5 Å². The molecule has 9 heteroatoms. The molecular weight excluding hydrogens is 268 g/mol. The van der Waals surface area contributed by atoms with E-state index >= 15 is 0 Å². The number of carbonyl (C=O) groups is 2. The van der Waals surface area contributed by atoms with Crippen LogP contribution in [0.1, 0.15) is 6.42 Å². The minimum absolute atomic E-state index is 0.0495. The highest BCUT2D eigenvalue weighted by Crippen LogP contribution is 2.18. The van der Waals surface area contributed by atoms with Gasteiger partial charge >= 0.3 is 6.03 Å². The van der Waals surface area contributed by atoms with Crippen molar-refractivity contribution in [1.82, 2.24) is 15.5 Å². The third-order valence-electron chi connectivity index (χ3n) is 3.60. The SMILES string of the molecule is N#CC1CC(=O)NC(=O)N1C[C@@H]1N[C@H](CO)C(O)C1O. The summed E-state index contributed by atoms with van der Waals surface area (Å²) < 4.78 is 0. The maximum absolute atomic E-state index is 11.7. The van der Waals surface area contributed by atoms with Crippen molar-refractivity contribution in [3.8, 4) is 6.07 Å². The monoisotopic (exact) mass is 284 g/mol. The molecule has 0 aliphatic carbocycles. The highest BCUT2D eigenvalue weighted by atomic mass is 16.3. The van der Waals surface area contributed by atoms with Crippen LogP contribution in [0.2, 0.25) is 0 Å². The Bertz CT molecular complexity index is 451. The van der Waals surface area contributed by atoms with Crippen molar-refractivity contribution in [3.05, 3.63) is 0 Å². The summed E-state index contributed by atoms with van der Waals surface area (Å²) in [5, 5.41) is 42.5. The van der Waals surface area contributed by atoms with Crippen molar-refractivity contribution in [2.45, 2.75) is 36.8 Å². The van der Waals surface area contributed by atoms with Crippen molar-refractivity contribution in [2.75, 3.05) is 13.2 Å². The average molecular weight is 284 g/mol. The van der Waals surface area contributed by atoms with E-state index in [1.54, 1.807) is 0 Å². The van der Waals surface area contributed by atoms with Gasteiger partial charge in [0.1, 0.15) is 6.04 Å². The van der Waals surface area contributed by atoms with Gasteiger partial charge in [-0.3, -0.25) is 10.1 Å². The maximum Gasteiger partial charge on any atom is 0.325 e. The van der Waals surface area contributed by atoms with Crippen LogP contribution in [0.4, 0.5) is 4.79 Å². The molecule has 110 valence electrons. The Balaban J connectivity index is 2.07. The lowest BCUT2D eigenvalue weighted by atomic mass is 10.1. The lowest BCUT2D eigenvalue weighted by Gasteiger charge is -2.33. The predicted octanol–water partition coefficient (Wildman–Crippen LogP) is -3.13. The molecule has 20 heavy (non-hydrogen) atoms. The number of hydrogen-bond acceptors (Lipinski definition) is 7. The zero-order valence-corrected chi connectivity index (χ0v) is 10.6. The number of imide groups is 1. The minimum Gasteiger partial charge on any atom is -0.395 e. The van der Waals surface area contributed by atoms with Crippen LogP contribution in [0.3, 0.4) is 0 Å². The zero-order chi connectivity index (χ0) is 14.9. The molecule has 0 bridgehead atoms. The first-order valence-corrected chi connectivity index (χ1v) is 6.21. The van der Waals surface area contributed by atoms with E-state index in [-0.39, 0.29) is 19.6 Å². The topological polar surface area (TPSA) is 146 Å². The van der Waals surface area contributed by atoms with Gasteiger partial charge in [-0.1, -0.05) is 0 Å². The van der Waals surface area contributed by atoms with E-state index in [1.165, 1.54) is 0 Å². The van der Waals surface area contributed by atoms with Crippen molar-refractivity contribution in [1.29, 1.82) is 5.26 Å². The smallest absolute Gasteiger partial charge is 0.325 e. The second-order valence-corrected chi connectivity index (χ2v) is 4.90. The molecule has 2 aliphatic heterocycles. The van der Waals surface area contributed by atoms with Crippen LogP contribution in [-0.2, 0) is 4.79 Å². The Morgan fingerprint density at radius 1 is 1.30 bits per heavy atom. The van der Waals surface area contributed by atoms with Crippen LogP contribution >= 0.6 is 0 Å². The number of aliphatic hydroxyl groups is 3.